The summed E-state index contributed by atoms with van der Waals surface area (Å²) in [4.78, 5) is 43.4. The first-order valence-electron chi connectivity index (χ1n) is 11.4. The number of pyridine rings is 1. The summed E-state index contributed by atoms with van der Waals surface area (Å²) in [6.07, 6.45) is 0. The first-order chi connectivity index (χ1) is 18.3. The number of halogens is 2. The molecule has 0 spiro atoms. The van der Waals surface area contributed by atoms with Crippen LogP contribution in [0.4, 0.5) is 5.13 Å². The second kappa shape index (κ2) is 10.9. The highest BCUT2D eigenvalue weighted by atomic mass is 79.9. The van der Waals surface area contributed by atoms with Crippen molar-refractivity contribution >= 4 is 66.6 Å². The Balaban J connectivity index is 1.39. The maximum Gasteiger partial charge on any atom is 0.356 e. The number of anilines is 1. The lowest BCUT2D eigenvalue weighted by Gasteiger charge is -2.16. The summed E-state index contributed by atoms with van der Waals surface area (Å²) >= 11 is 10.7. The largest absolute Gasteiger partial charge is 0.451 e. The molecular weight excluding hydrogens is 590 g/mol. The summed E-state index contributed by atoms with van der Waals surface area (Å²) in [5.41, 5.74) is 2.51. The van der Waals surface area contributed by atoms with E-state index in [0.717, 1.165) is 10.0 Å². The number of rotatable bonds is 6. The minimum Gasteiger partial charge on any atom is -0.451 e. The van der Waals surface area contributed by atoms with Crippen LogP contribution in [0.1, 0.15) is 10.5 Å². The third kappa shape index (κ3) is 5.26. The van der Waals surface area contributed by atoms with Crippen LogP contribution in [-0.4, -0.2) is 28.0 Å². The quantitative estimate of drug-likeness (QED) is 0.221. The third-order valence-corrected chi connectivity index (χ3v) is 7.39. The van der Waals surface area contributed by atoms with Crippen molar-refractivity contribution in [2.24, 2.45) is 7.05 Å². The van der Waals surface area contributed by atoms with Gasteiger partial charge < -0.3 is 9.30 Å². The average Bonchev–Trinajstić information content (AvgIpc) is 3.38. The van der Waals surface area contributed by atoms with Gasteiger partial charge in [-0.3, -0.25) is 14.9 Å². The van der Waals surface area contributed by atoms with Crippen LogP contribution in [0.5, 0.6) is 0 Å². The van der Waals surface area contributed by atoms with Crippen LogP contribution < -0.4 is 10.9 Å². The predicted octanol–water partition coefficient (Wildman–Crippen LogP) is 6.54. The standard InChI is InChI=1S/C28H19BrClN3O4S/c1-33-25(24(17-8-12-19(30)13-9-17)20-4-2-3-5-21(20)26(33)35)27(36)37-14-23(34)32-28-31-22(15-38-28)16-6-10-18(29)11-7-16/h2-13,15H,14H2,1H3,(H,31,32,34). The SMILES string of the molecule is Cn1c(C(=O)OCC(=O)Nc2nc(-c3ccc(Br)cc3)cs2)c(-c2ccc(Cl)cc2)c2ccccc2c1=O. The van der Waals surface area contributed by atoms with Crippen molar-refractivity contribution < 1.29 is 14.3 Å². The average molecular weight is 609 g/mol. The highest BCUT2D eigenvalue weighted by Crippen LogP contribution is 2.32. The number of esters is 1. The van der Waals surface area contributed by atoms with E-state index < -0.39 is 18.5 Å². The molecule has 0 aliphatic rings. The number of amides is 1. The van der Waals surface area contributed by atoms with E-state index in [9.17, 15) is 14.4 Å². The lowest BCUT2D eigenvalue weighted by Crippen LogP contribution is -2.28. The molecule has 5 aromatic rings. The Morgan fingerprint density at radius 3 is 2.37 bits per heavy atom. The highest BCUT2D eigenvalue weighted by Gasteiger charge is 2.24. The van der Waals surface area contributed by atoms with Crippen molar-refractivity contribution in [3.05, 3.63) is 104 Å². The number of carbonyl (C=O) groups excluding carboxylic acids is 2. The molecule has 2 aromatic heterocycles. The number of nitrogens with one attached hydrogen (secondary N) is 1. The second-order valence-corrected chi connectivity index (χ2v) is 10.5. The fourth-order valence-electron chi connectivity index (χ4n) is 4.05. The number of thiazole rings is 1. The van der Waals surface area contributed by atoms with Crippen molar-refractivity contribution in [3.8, 4) is 22.4 Å². The van der Waals surface area contributed by atoms with Gasteiger partial charge in [-0.05, 0) is 41.3 Å². The molecule has 3 aromatic carbocycles. The molecule has 0 unspecified atom stereocenters. The van der Waals surface area contributed by atoms with E-state index in [-0.39, 0.29) is 11.3 Å². The van der Waals surface area contributed by atoms with Gasteiger partial charge in [-0.25, -0.2) is 9.78 Å². The van der Waals surface area contributed by atoms with E-state index in [4.69, 9.17) is 16.3 Å². The fraction of sp³-hybridized carbons (Fsp3) is 0.0714. The molecular formula is C28H19BrClN3O4S. The van der Waals surface area contributed by atoms with Gasteiger partial charge in [0.15, 0.2) is 11.7 Å². The predicted molar refractivity (Wildman–Crippen MR) is 154 cm³/mol. The van der Waals surface area contributed by atoms with E-state index in [0.29, 0.717) is 37.7 Å². The summed E-state index contributed by atoms with van der Waals surface area (Å²) < 4.78 is 7.57. The molecule has 0 aliphatic carbocycles. The summed E-state index contributed by atoms with van der Waals surface area (Å²) in [5.74, 6) is -1.35. The third-order valence-electron chi connectivity index (χ3n) is 5.85. The van der Waals surface area contributed by atoms with Crippen molar-refractivity contribution in [2.75, 3.05) is 11.9 Å². The Hall–Kier alpha value is -3.79. The molecule has 0 saturated heterocycles. The molecule has 1 amide bonds. The van der Waals surface area contributed by atoms with Gasteiger partial charge in [-0.2, -0.15) is 0 Å². The van der Waals surface area contributed by atoms with Crippen LogP contribution in [0.15, 0.2) is 87.4 Å². The fourth-order valence-corrected chi connectivity index (χ4v) is 5.18. The van der Waals surface area contributed by atoms with Gasteiger partial charge in [0.25, 0.3) is 11.5 Å². The zero-order valence-electron chi connectivity index (χ0n) is 19.9. The van der Waals surface area contributed by atoms with Gasteiger partial charge in [0.05, 0.1) is 5.69 Å². The molecule has 0 atom stereocenters. The number of hydrogen-bond acceptors (Lipinski definition) is 6. The van der Waals surface area contributed by atoms with Crippen molar-refractivity contribution in [3.63, 3.8) is 0 Å². The number of hydrogen-bond donors (Lipinski definition) is 1. The van der Waals surface area contributed by atoms with Gasteiger partial charge >= 0.3 is 5.97 Å². The molecule has 2 heterocycles. The summed E-state index contributed by atoms with van der Waals surface area (Å²) in [6, 6.07) is 21.6. The van der Waals surface area contributed by atoms with Crippen LogP contribution in [0.2, 0.25) is 5.02 Å². The Labute approximate surface area is 234 Å². The minimum atomic E-state index is -0.801. The zero-order chi connectivity index (χ0) is 26.8. The number of benzene rings is 3. The van der Waals surface area contributed by atoms with E-state index in [1.807, 2.05) is 29.6 Å². The van der Waals surface area contributed by atoms with Crippen molar-refractivity contribution in [2.45, 2.75) is 0 Å². The lowest BCUT2D eigenvalue weighted by molar-refractivity contribution is -0.119. The summed E-state index contributed by atoms with van der Waals surface area (Å²) in [5, 5.41) is 6.45. The van der Waals surface area contributed by atoms with E-state index in [2.05, 4.69) is 26.2 Å². The molecule has 5 rings (SSSR count). The van der Waals surface area contributed by atoms with Gasteiger partial charge in [0.1, 0.15) is 5.69 Å². The lowest BCUT2D eigenvalue weighted by atomic mass is 9.97. The topological polar surface area (TPSA) is 90.3 Å². The van der Waals surface area contributed by atoms with E-state index >= 15 is 0 Å². The monoisotopic (exact) mass is 607 g/mol. The summed E-state index contributed by atoms with van der Waals surface area (Å²) in [6.45, 7) is -0.549. The van der Waals surface area contributed by atoms with E-state index in [1.165, 1.54) is 23.0 Å². The Morgan fingerprint density at radius 1 is 1.00 bits per heavy atom. The zero-order valence-corrected chi connectivity index (χ0v) is 23.1. The van der Waals surface area contributed by atoms with E-state index in [1.54, 1.807) is 48.5 Å². The number of nitrogens with zero attached hydrogens (tertiary/aromatic N) is 2. The minimum absolute atomic E-state index is 0.0376. The first-order valence-corrected chi connectivity index (χ1v) is 13.4. The molecule has 38 heavy (non-hydrogen) atoms. The molecule has 0 radical (unpaired) electrons. The van der Waals surface area contributed by atoms with Crippen molar-refractivity contribution in [1.82, 2.24) is 9.55 Å². The Morgan fingerprint density at radius 2 is 1.66 bits per heavy atom. The molecule has 0 aliphatic heterocycles. The van der Waals surface area contributed by atoms with Crippen LogP contribution in [-0.2, 0) is 16.6 Å². The van der Waals surface area contributed by atoms with Gasteiger partial charge in [0, 0.05) is 38.4 Å². The molecule has 0 fully saturated rings. The number of carbonyl (C=O) groups is 2. The molecule has 10 heteroatoms. The maximum atomic E-state index is 13.3. The molecule has 0 bridgehead atoms. The van der Waals surface area contributed by atoms with Crippen LogP contribution in [0.3, 0.4) is 0 Å². The van der Waals surface area contributed by atoms with Gasteiger partial charge in [0.2, 0.25) is 0 Å². The smallest absolute Gasteiger partial charge is 0.356 e. The summed E-state index contributed by atoms with van der Waals surface area (Å²) in [7, 11) is 1.50. The van der Waals surface area contributed by atoms with Crippen LogP contribution in [0, 0.1) is 0 Å². The number of aromatic nitrogens is 2. The molecule has 190 valence electrons. The van der Waals surface area contributed by atoms with Gasteiger partial charge in [-0.15, -0.1) is 11.3 Å². The molecule has 7 nitrogen and oxygen atoms in total. The number of ether oxygens (including phenoxy) is 1. The normalized spacial score (nSPS) is 10.9. The Kier molecular flexibility index (Phi) is 7.42. The molecule has 0 saturated carbocycles. The first kappa shape index (κ1) is 25.8. The maximum absolute atomic E-state index is 13.3. The van der Waals surface area contributed by atoms with Gasteiger partial charge in [-0.1, -0.05) is 70.0 Å². The van der Waals surface area contributed by atoms with Crippen molar-refractivity contribution in [1.29, 1.82) is 0 Å². The highest BCUT2D eigenvalue weighted by molar-refractivity contribution is 9.10. The second-order valence-electron chi connectivity index (χ2n) is 8.31. The Bertz CT molecular complexity index is 1730. The van der Waals surface area contributed by atoms with Crippen LogP contribution in [0.25, 0.3) is 33.2 Å². The number of fused-ring (bicyclic) bond motifs is 1. The van der Waals surface area contributed by atoms with Crippen LogP contribution >= 0.6 is 38.9 Å². The molecule has 1 N–H and O–H groups in total.